The molecule has 1 atom stereocenters. The summed E-state index contributed by atoms with van der Waals surface area (Å²) in [6, 6.07) is 7.03. The van der Waals surface area contributed by atoms with Crippen molar-refractivity contribution in [2.75, 3.05) is 13.2 Å². The van der Waals surface area contributed by atoms with Crippen LogP contribution in [0.3, 0.4) is 0 Å². The zero-order valence-electron chi connectivity index (χ0n) is 11.3. The third kappa shape index (κ3) is 4.00. The molecule has 2 N–H and O–H groups in total. The number of nitrogens with one attached hydrogen (secondary N) is 1. The van der Waals surface area contributed by atoms with Crippen LogP contribution >= 0.6 is 0 Å². The minimum atomic E-state index is 0.169. The predicted molar refractivity (Wildman–Crippen MR) is 73.1 cm³/mol. The van der Waals surface area contributed by atoms with E-state index in [1.165, 1.54) is 18.4 Å². The Labute approximate surface area is 109 Å². The summed E-state index contributed by atoms with van der Waals surface area (Å²) in [5, 5.41) is 12.7. The molecule has 1 aromatic carbocycles. The molecular weight excluding hydrogens is 226 g/mol. The summed E-state index contributed by atoms with van der Waals surface area (Å²) in [6.45, 7) is 4.96. The van der Waals surface area contributed by atoms with Crippen LogP contribution in [0.5, 0.6) is 5.75 Å². The highest BCUT2D eigenvalue weighted by molar-refractivity contribution is 5.35. The summed E-state index contributed by atoms with van der Waals surface area (Å²) in [5.41, 5.74) is 2.38. The maximum absolute atomic E-state index is 9.28. The third-order valence-corrected chi connectivity index (χ3v) is 3.34. The van der Waals surface area contributed by atoms with E-state index in [2.05, 4.69) is 37.4 Å². The van der Waals surface area contributed by atoms with Gasteiger partial charge in [0.1, 0.15) is 5.75 Å². The summed E-state index contributed by atoms with van der Waals surface area (Å²) >= 11 is 0. The molecule has 0 aliphatic heterocycles. The maximum atomic E-state index is 9.28. The molecule has 0 heterocycles. The van der Waals surface area contributed by atoms with Crippen molar-refractivity contribution in [3.05, 3.63) is 29.3 Å². The number of rotatable bonds is 7. The Kier molecular flexibility index (Phi) is 4.61. The van der Waals surface area contributed by atoms with E-state index in [4.69, 9.17) is 4.74 Å². The first kappa shape index (κ1) is 13.4. The number of aliphatic hydroxyl groups is 1. The van der Waals surface area contributed by atoms with Gasteiger partial charge >= 0.3 is 0 Å². The minimum Gasteiger partial charge on any atom is -0.493 e. The van der Waals surface area contributed by atoms with Crippen LogP contribution in [0.2, 0.25) is 0 Å². The second-order valence-electron chi connectivity index (χ2n) is 5.23. The highest BCUT2D eigenvalue weighted by atomic mass is 16.5. The van der Waals surface area contributed by atoms with Gasteiger partial charge in [0.15, 0.2) is 0 Å². The van der Waals surface area contributed by atoms with E-state index in [9.17, 15) is 5.11 Å². The van der Waals surface area contributed by atoms with Gasteiger partial charge in [0, 0.05) is 12.1 Å². The van der Waals surface area contributed by atoms with Gasteiger partial charge in [-0.3, -0.25) is 0 Å². The van der Waals surface area contributed by atoms with Crippen molar-refractivity contribution in [2.24, 2.45) is 0 Å². The number of hydrogen-bond acceptors (Lipinski definition) is 3. The van der Waals surface area contributed by atoms with Gasteiger partial charge in [0.2, 0.25) is 0 Å². The van der Waals surface area contributed by atoms with E-state index < -0.39 is 0 Å². The molecule has 0 bridgehead atoms. The van der Waals surface area contributed by atoms with Gasteiger partial charge in [-0.2, -0.15) is 0 Å². The largest absolute Gasteiger partial charge is 0.493 e. The zero-order valence-corrected chi connectivity index (χ0v) is 11.3. The molecule has 1 unspecified atom stereocenters. The SMILES string of the molecule is Cc1ccc(C)c(OCCC(CO)NC2CC2)c1. The molecule has 100 valence electrons. The molecule has 1 aromatic rings. The second kappa shape index (κ2) is 6.21. The molecule has 1 aliphatic rings. The van der Waals surface area contributed by atoms with Crippen LogP contribution < -0.4 is 10.1 Å². The molecule has 1 fully saturated rings. The molecule has 1 saturated carbocycles. The molecule has 1 aliphatic carbocycles. The minimum absolute atomic E-state index is 0.169. The summed E-state index contributed by atoms with van der Waals surface area (Å²) < 4.78 is 5.80. The summed E-state index contributed by atoms with van der Waals surface area (Å²) in [5.74, 6) is 0.957. The lowest BCUT2D eigenvalue weighted by molar-refractivity contribution is 0.207. The topological polar surface area (TPSA) is 41.5 Å². The van der Waals surface area contributed by atoms with Crippen molar-refractivity contribution in [3.8, 4) is 5.75 Å². The molecule has 18 heavy (non-hydrogen) atoms. The smallest absolute Gasteiger partial charge is 0.122 e. The Morgan fingerprint density at radius 1 is 1.39 bits per heavy atom. The summed E-state index contributed by atoms with van der Waals surface area (Å²) in [7, 11) is 0. The number of benzene rings is 1. The molecule has 0 saturated heterocycles. The Morgan fingerprint density at radius 3 is 2.83 bits per heavy atom. The molecule has 3 nitrogen and oxygen atoms in total. The Balaban J connectivity index is 1.77. The van der Waals surface area contributed by atoms with Gasteiger partial charge in [-0.05, 0) is 50.3 Å². The van der Waals surface area contributed by atoms with Crippen LogP contribution in [-0.2, 0) is 0 Å². The fraction of sp³-hybridized carbons (Fsp3) is 0.600. The molecule has 0 aromatic heterocycles. The second-order valence-corrected chi connectivity index (χ2v) is 5.23. The van der Waals surface area contributed by atoms with Gasteiger partial charge in [0.25, 0.3) is 0 Å². The lowest BCUT2D eigenvalue weighted by Gasteiger charge is -2.17. The molecule has 0 radical (unpaired) electrons. The van der Waals surface area contributed by atoms with E-state index in [1.54, 1.807) is 0 Å². The van der Waals surface area contributed by atoms with Gasteiger partial charge in [-0.25, -0.2) is 0 Å². The van der Waals surface area contributed by atoms with Crippen LogP contribution in [0.25, 0.3) is 0 Å². The third-order valence-electron chi connectivity index (χ3n) is 3.34. The first-order valence-corrected chi connectivity index (χ1v) is 6.76. The number of aryl methyl sites for hydroxylation is 2. The van der Waals surface area contributed by atoms with Crippen LogP contribution in [0, 0.1) is 13.8 Å². The molecule has 0 amide bonds. The molecular formula is C15H23NO2. The van der Waals surface area contributed by atoms with Crippen LogP contribution in [-0.4, -0.2) is 30.4 Å². The maximum Gasteiger partial charge on any atom is 0.122 e. The molecule has 0 spiro atoms. The number of aliphatic hydroxyl groups excluding tert-OH is 1. The predicted octanol–water partition coefficient (Wildman–Crippen LogP) is 2.19. The highest BCUT2D eigenvalue weighted by Crippen LogP contribution is 2.21. The van der Waals surface area contributed by atoms with Gasteiger partial charge in [-0.1, -0.05) is 12.1 Å². The van der Waals surface area contributed by atoms with Gasteiger partial charge in [0.05, 0.1) is 13.2 Å². The van der Waals surface area contributed by atoms with Crippen molar-refractivity contribution in [2.45, 2.75) is 45.2 Å². The lowest BCUT2D eigenvalue weighted by atomic mass is 10.1. The Bertz CT molecular complexity index is 388. The fourth-order valence-electron chi connectivity index (χ4n) is 1.98. The van der Waals surface area contributed by atoms with Crippen LogP contribution in [0.15, 0.2) is 18.2 Å². The number of hydrogen-bond donors (Lipinski definition) is 2. The van der Waals surface area contributed by atoms with E-state index in [1.807, 2.05) is 0 Å². The average molecular weight is 249 g/mol. The van der Waals surface area contributed by atoms with Gasteiger partial charge in [-0.15, -0.1) is 0 Å². The van der Waals surface area contributed by atoms with E-state index in [-0.39, 0.29) is 12.6 Å². The average Bonchev–Trinajstić information content (AvgIpc) is 3.16. The lowest BCUT2D eigenvalue weighted by Crippen LogP contribution is -2.35. The van der Waals surface area contributed by atoms with Crippen LogP contribution in [0.1, 0.15) is 30.4 Å². The fourth-order valence-corrected chi connectivity index (χ4v) is 1.98. The normalized spacial score (nSPS) is 16.6. The quantitative estimate of drug-likeness (QED) is 0.778. The molecule has 2 rings (SSSR count). The van der Waals surface area contributed by atoms with Crippen molar-refractivity contribution in [1.29, 1.82) is 0 Å². The van der Waals surface area contributed by atoms with Crippen molar-refractivity contribution in [1.82, 2.24) is 5.32 Å². The van der Waals surface area contributed by atoms with Crippen molar-refractivity contribution >= 4 is 0 Å². The summed E-state index contributed by atoms with van der Waals surface area (Å²) in [4.78, 5) is 0. The standard InChI is InChI=1S/C15H23NO2/c1-11-3-4-12(2)15(9-11)18-8-7-14(10-17)16-13-5-6-13/h3-4,9,13-14,16-17H,5-8,10H2,1-2H3. The first-order chi connectivity index (χ1) is 8.69. The molecule has 3 heteroatoms. The highest BCUT2D eigenvalue weighted by Gasteiger charge is 2.24. The monoisotopic (exact) mass is 249 g/mol. The van der Waals surface area contributed by atoms with Crippen molar-refractivity contribution < 1.29 is 9.84 Å². The number of ether oxygens (including phenoxy) is 1. The first-order valence-electron chi connectivity index (χ1n) is 6.76. The van der Waals surface area contributed by atoms with Gasteiger partial charge < -0.3 is 15.2 Å². The zero-order chi connectivity index (χ0) is 13.0. The van der Waals surface area contributed by atoms with Crippen molar-refractivity contribution in [3.63, 3.8) is 0 Å². The van der Waals surface area contributed by atoms with Crippen LogP contribution in [0.4, 0.5) is 0 Å². The summed E-state index contributed by atoms with van der Waals surface area (Å²) in [6.07, 6.45) is 3.34. The van der Waals surface area contributed by atoms with E-state index in [0.29, 0.717) is 12.6 Å². The Hall–Kier alpha value is -1.06. The Morgan fingerprint density at radius 2 is 2.17 bits per heavy atom. The van der Waals surface area contributed by atoms with E-state index >= 15 is 0 Å². The van der Waals surface area contributed by atoms with E-state index in [0.717, 1.165) is 17.7 Å².